The molecule has 2 aromatic heterocycles. The van der Waals surface area contributed by atoms with E-state index in [2.05, 4.69) is 20.3 Å². The summed E-state index contributed by atoms with van der Waals surface area (Å²) in [5, 5.41) is 3.10. The van der Waals surface area contributed by atoms with Gasteiger partial charge in [-0.1, -0.05) is 0 Å². The van der Waals surface area contributed by atoms with Crippen LogP contribution in [0.1, 0.15) is 5.69 Å². The fourth-order valence-electron chi connectivity index (χ4n) is 3.67. The molecule has 0 unspecified atom stereocenters. The third kappa shape index (κ3) is 3.96. The highest BCUT2D eigenvalue weighted by atomic mass is 19.2. The number of rotatable bonds is 5. The Bertz CT molecular complexity index is 1350. The first-order valence-electron chi connectivity index (χ1n) is 10.3. The average Bonchev–Trinajstić information content (AvgIpc) is 3.27. The summed E-state index contributed by atoms with van der Waals surface area (Å²) in [5.74, 6) is -2.62. The summed E-state index contributed by atoms with van der Waals surface area (Å²) >= 11 is 0. The second kappa shape index (κ2) is 8.58. The largest absolute Gasteiger partial charge is 0.494 e. The fourth-order valence-corrected chi connectivity index (χ4v) is 3.67. The molecule has 0 fully saturated rings. The molecule has 174 valence electrons. The highest BCUT2D eigenvalue weighted by molar-refractivity contribution is 5.69. The first-order valence-corrected chi connectivity index (χ1v) is 10.3. The van der Waals surface area contributed by atoms with E-state index in [-0.39, 0.29) is 24.8 Å². The van der Waals surface area contributed by atoms with Crippen molar-refractivity contribution in [2.24, 2.45) is 0 Å². The Kier molecular flexibility index (Phi) is 5.44. The van der Waals surface area contributed by atoms with Gasteiger partial charge in [0.25, 0.3) is 0 Å². The van der Waals surface area contributed by atoms with Crippen LogP contribution in [0.15, 0.2) is 49.1 Å². The van der Waals surface area contributed by atoms with Crippen molar-refractivity contribution in [3.63, 3.8) is 0 Å². The molecule has 3 heterocycles. The van der Waals surface area contributed by atoms with Crippen molar-refractivity contribution in [1.82, 2.24) is 19.5 Å². The number of hydrogen-bond acceptors (Lipinski definition) is 7. The van der Waals surface area contributed by atoms with Crippen molar-refractivity contribution < 1.29 is 22.6 Å². The van der Waals surface area contributed by atoms with Gasteiger partial charge in [0.05, 0.1) is 37.6 Å². The van der Waals surface area contributed by atoms with E-state index in [1.54, 1.807) is 24.4 Å². The Balaban J connectivity index is 1.46. The van der Waals surface area contributed by atoms with Gasteiger partial charge < -0.3 is 24.3 Å². The van der Waals surface area contributed by atoms with E-state index in [0.29, 0.717) is 23.0 Å². The number of nitrogens with zero attached hydrogens (tertiary/aromatic N) is 5. The standard InChI is InChI=1S/C23H19F3N6O2/c1-13-11-31(12-28-13)18-4-3-14(7-19(18)33-2)29-23-27-10-20-22(30-23)32(5-6-34-20)15-8-16(24)21(26)17(25)9-15/h3-4,7-12H,5-6H2,1-2H3,(H,27,29,30). The van der Waals surface area contributed by atoms with E-state index in [1.807, 2.05) is 29.8 Å². The van der Waals surface area contributed by atoms with E-state index in [1.165, 1.54) is 6.20 Å². The van der Waals surface area contributed by atoms with Crippen LogP contribution < -0.4 is 19.7 Å². The zero-order valence-corrected chi connectivity index (χ0v) is 18.2. The van der Waals surface area contributed by atoms with Gasteiger partial charge >= 0.3 is 0 Å². The molecule has 0 atom stereocenters. The highest BCUT2D eigenvalue weighted by Crippen LogP contribution is 2.36. The van der Waals surface area contributed by atoms with E-state index in [9.17, 15) is 13.2 Å². The Morgan fingerprint density at radius 3 is 2.59 bits per heavy atom. The summed E-state index contributed by atoms with van der Waals surface area (Å²) in [6.07, 6.45) is 5.04. The lowest BCUT2D eigenvalue weighted by molar-refractivity contribution is 0.310. The van der Waals surface area contributed by atoms with Crippen LogP contribution in [0, 0.1) is 24.4 Å². The zero-order chi connectivity index (χ0) is 23.8. The maximum absolute atomic E-state index is 13.8. The van der Waals surface area contributed by atoms with Gasteiger partial charge in [-0.25, -0.2) is 23.1 Å². The number of aryl methyl sites for hydroxylation is 1. The second-order valence-electron chi connectivity index (χ2n) is 7.54. The third-order valence-electron chi connectivity index (χ3n) is 5.27. The maximum Gasteiger partial charge on any atom is 0.229 e. The lowest BCUT2D eigenvalue weighted by atomic mass is 10.2. The Morgan fingerprint density at radius 1 is 1.09 bits per heavy atom. The summed E-state index contributed by atoms with van der Waals surface area (Å²) in [4.78, 5) is 14.5. The molecule has 11 heteroatoms. The van der Waals surface area contributed by atoms with Gasteiger partial charge in [0, 0.05) is 35.8 Å². The quantitative estimate of drug-likeness (QED) is 0.427. The third-order valence-corrected chi connectivity index (χ3v) is 5.27. The van der Waals surface area contributed by atoms with Crippen LogP contribution >= 0.6 is 0 Å². The van der Waals surface area contributed by atoms with Gasteiger partial charge in [-0.15, -0.1) is 0 Å². The van der Waals surface area contributed by atoms with Crippen molar-refractivity contribution in [2.45, 2.75) is 6.92 Å². The minimum absolute atomic E-state index is 0.118. The van der Waals surface area contributed by atoms with Crippen LogP contribution in [0.5, 0.6) is 11.5 Å². The van der Waals surface area contributed by atoms with Gasteiger partial charge in [-0.2, -0.15) is 4.98 Å². The Morgan fingerprint density at radius 2 is 1.88 bits per heavy atom. The number of benzene rings is 2. The summed E-state index contributed by atoms with van der Waals surface area (Å²) in [6.45, 7) is 2.41. The first kappa shape index (κ1) is 21.6. The van der Waals surface area contributed by atoms with Crippen molar-refractivity contribution in [3.8, 4) is 17.2 Å². The summed E-state index contributed by atoms with van der Waals surface area (Å²) in [7, 11) is 1.57. The lowest BCUT2D eigenvalue weighted by Gasteiger charge is -2.30. The molecule has 0 amide bonds. The molecule has 0 spiro atoms. The number of hydrogen-bond donors (Lipinski definition) is 1. The molecule has 4 aromatic rings. The summed E-state index contributed by atoms with van der Waals surface area (Å²) < 4.78 is 54.1. The number of imidazole rings is 1. The molecule has 2 aromatic carbocycles. The molecule has 1 N–H and O–H groups in total. The molecule has 1 aliphatic rings. The maximum atomic E-state index is 13.8. The van der Waals surface area contributed by atoms with E-state index in [0.717, 1.165) is 23.5 Å². The Hall–Kier alpha value is -4.28. The summed E-state index contributed by atoms with van der Waals surface area (Å²) in [5.41, 5.74) is 2.45. The van der Waals surface area contributed by atoms with Gasteiger partial charge in [0.1, 0.15) is 12.4 Å². The number of halogens is 3. The molecule has 34 heavy (non-hydrogen) atoms. The number of anilines is 4. The van der Waals surface area contributed by atoms with Crippen molar-refractivity contribution >= 4 is 23.1 Å². The monoisotopic (exact) mass is 468 g/mol. The zero-order valence-electron chi connectivity index (χ0n) is 18.2. The lowest BCUT2D eigenvalue weighted by Crippen LogP contribution is -2.30. The Labute approximate surface area is 192 Å². The first-order chi connectivity index (χ1) is 16.4. The topological polar surface area (TPSA) is 77.3 Å². The molecule has 0 saturated carbocycles. The second-order valence-corrected chi connectivity index (χ2v) is 7.54. The number of methoxy groups -OCH3 is 1. The highest BCUT2D eigenvalue weighted by Gasteiger charge is 2.25. The molecule has 8 nitrogen and oxygen atoms in total. The summed E-state index contributed by atoms with van der Waals surface area (Å²) in [6, 6.07) is 7.32. The number of fused-ring (bicyclic) bond motifs is 1. The molecule has 0 saturated heterocycles. The van der Waals surface area contributed by atoms with Crippen LogP contribution in [-0.2, 0) is 0 Å². The minimum Gasteiger partial charge on any atom is -0.494 e. The molecular formula is C23H19F3N6O2. The fraction of sp³-hybridized carbons (Fsp3) is 0.174. The number of nitrogens with one attached hydrogen (secondary N) is 1. The van der Waals surface area contributed by atoms with Gasteiger partial charge in [0.2, 0.25) is 5.95 Å². The molecule has 1 aliphatic heterocycles. The van der Waals surface area contributed by atoms with Crippen molar-refractivity contribution in [1.29, 1.82) is 0 Å². The number of aromatic nitrogens is 4. The normalized spacial score (nSPS) is 12.8. The molecular weight excluding hydrogens is 449 g/mol. The van der Waals surface area contributed by atoms with E-state index in [4.69, 9.17) is 9.47 Å². The van der Waals surface area contributed by atoms with Gasteiger partial charge in [0.15, 0.2) is 29.0 Å². The van der Waals surface area contributed by atoms with Crippen LogP contribution in [0.4, 0.5) is 36.3 Å². The van der Waals surface area contributed by atoms with Crippen LogP contribution in [0.2, 0.25) is 0 Å². The van der Waals surface area contributed by atoms with Crippen LogP contribution in [0.25, 0.3) is 5.69 Å². The van der Waals surface area contributed by atoms with Gasteiger partial charge in [-0.3, -0.25) is 0 Å². The van der Waals surface area contributed by atoms with Crippen molar-refractivity contribution in [2.75, 3.05) is 30.5 Å². The smallest absolute Gasteiger partial charge is 0.229 e. The average molecular weight is 468 g/mol. The van der Waals surface area contributed by atoms with E-state index < -0.39 is 17.5 Å². The SMILES string of the molecule is COc1cc(Nc2ncc3c(n2)N(c2cc(F)c(F)c(F)c2)CCO3)ccc1-n1cnc(C)c1. The predicted octanol–water partition coefficient (Wildman–Crippen LogP) is 4.67. The van der Waals surface area contributed by atoms with Crippen LogP contribution in [0.3, 0.4) is 0 Å². The number of ether oxygens (including phenoxy) is 2. The van der Waals surface area contributed by atoms with Crippen LogP contribution in [-0.4, -0.2) is 39.8 Å². The molecule has 0 radical (unpaired) electrons. The molecule has 5 rings (SSSR count). The van der Waals surface area contributed by atoms with Crippen molar-refractivity contribution in [3.05, 3.63) is 72.2 Å². The molecule has 0 bridgehead atoms. The van der Waals surface area contributed by atoms with Gasteiger partial charge in [-0.05, 0) is 19.1 Å². The van der Waals surface area contributed by atoms with E-state index >= 15 is 0 Å². The predicted molar refractivity (Wildman–Crippen MR) is 119 cm³/mol. The molecule has 0 aliphatic carbocycles. The minimum atomic E-state index is -1.52.